The van der Waals surface area contributed by atoms with Gasteiger partial charge in [-0.3, -0.25) is 5.32 Å². The van der Waals surface area contributed by atoms with Crippen molar-refractivity contribution in [3.8, 4) is 5.75 Å². The van der Waals surface area contributed by atoms with E-state index in [0.29, 0.717) is 12.3 Å². The molecule has 1 saturated heterocycles. The highest BCUT2D eigenvalue weighted by Gasteiger charge is 2.25. The van der Waals surface area contributed by atoms with E-state index in [-0.39, 0.29) is 23.6 Å². The van der Waals surface area contributed by atoms with Crippen molar-refractivity contribution in [2.24, 2.45) is 0 Å². The number of nitrogens with zero attached hydrogens (tertiary/aromatic N) is 4. The van der Waals surface area contributed by atoms with Crippen LogP contribution in [0.25, 0.3) is 0 Å². The van der Waals surface area contributed by atoms with E-state index in [1.165, 1.54) is 17.8 Å². The first-order valence-electron chi connectivity index (χ1n) is 13.0. The molecular weight excluding hydrogens is 487 g/mol. The van der Waals surface area contributed by atoms with Crippen LogP contribution in [-0.2, 0) is 11.2 Å². The minimum Gasteiger partial charge on any atom is -0.490 e. The maximum Gasteiger partial charge on any atom is 0.413 e. The third-order valence-corrected chi connectivity index (χ3v) is 6.87. The molecule has 1 unspecified atom stereocenters. The number of ether oxygens (including phenoxy) is 2. The second kappa shape index (κ2) is 12.2. The van der Waals surface area contributed by atoms with Gasteiger partial charge in [0.15, 0.2) is 11.6 Å². The van der Waals surface area contributed by atoms with Crippen LogP contribution in [0.1, 0.15) is 30.1 Å². The Morgan fingerprint density at radius 2 is 1.97 bits per heavy atom. The molecule has 1 amide bonds. The lowest BCUT2D eigenvalue weighted by molar-refractivity contribution is 0.112. The fourth-order valence-electron chi connectivity index (χ4n) is 4.76. The Kier molecular flexibility index (Phi) is 8.30. The van der Waals surface area contributed by atoms with Gasteiger partial charge in [-0.15, -0.1) is 0 Å². The van der Waals surface area contributed by atoms with E-state index in [2.05, 4.69) is 43.5 Å². The Hall–Kier alpha value is -3.76. The van der Waals surface area contributed by atoms with Crippen LogP contribution in [0.2, 0.25) is 0 Å². The molecule has 200 valence electrons. The van der Waals surface area contributed by atoms with E-state index in [9.17, 15) is 9.18 Å². The molecule has 1 aliphatic heterocycles. The number of aromatic nitrogens is 2. The summed E-state index contributed by atoms with van der Waals surface area (Å²) in [6, 6.07) is 14.2. The lowest BCUT2D eigenvalue weighted by Crippen LogP contribution is -2.44. The van der Waals surface area contributed by atoms with Crippen molar-refractivity contribution in [2.75, 3.05) is 57.0 Å². The molecule has 1 atom stereocenters. The van der Waals surface area contributed by atoms with E-state index >= 15 is 0 Å². The van der Waals surface area contributed by atoms with E-state index in [0.717, 1.165) is 57.5 Å². The van der Waals surface area contributed by atoms with Crippen LogP contribution >= 0.6 is 0 Å². The number of halogens is 1. The molecule has 0 saturated carbocycles. The number of fused-ring (bicyclic) bond motifs is 1. The van der Waals surface area contributed by atoms with Gasteiger partial charge in [0.2, 0.25) is 5.95 Å². The fourth-order valence-corrected chi connectivity index (χ4v) is 4.76. The van der Waals surface area contributed by atoms with Gasteiger partial charge in [0.1, 0.15) is 11.9 Å². The Bertz CT molecular complexity index is 1250. The number of hydrogen-bond donors (Lipinski definition) is 2. The summed E-state index contributed by atoms with van der Waals surface area (Å²) in [5, 5.41) is 5.61. The zero-order chi connectivity index (χ0) is 26.3. The minimum atomic E-state index is -0.587. The lowest BCUT2D eigenvalue weighted by Gasteiger charge is -2.32. The molecule has 2 aliphatic rings. The third-order valence-electron chi connectivity index (χ3n) is 6.87. The lowest BCUT2D eigenvalue weighted by atomic mass is 10.1. The summed E-state index contributed by atoms with van der Waals surface area (Å²) in [4.78, 5) is 25.6. The van der Waals surface area contributed by atoms with Crippen LogP contribution in [0.5, 0.6) is 5.75 Å². The van der Waals surface area contributed by atoms with Crippen molar-refractivity contribution < 1.29 is 18.7 Å². The average molecular weight is 521 g/mol. The van der Waals surface area contributed by atoms with Crippen LogP contribution in [0.4, 0.5) is 26.6 Å². The number of hydrogen-bond acceptors (Lipinski definition) is 8. The second-order valence-electron chi connectivity index (χ2n) is 9.64. The van der Waals surface area contributed by atoms with E-state index < -0.39 is 11.9 Å². The summed E-state index contributed by atoms with van der Waals surface area (Å²) in [6.07, 6.45) is 3.12. The standard InChI is InChI=1S/C28H33FN6O3/c1-34-14-16-35(17-15-34)13-4-18-37-25-10-8-21(19-23(25)29)31-27-30-12-11-26(32-27)33-28(36)38-24-9-7-20-5-2-3-6-22(20)24/h2-3,5-6,8,10-12,19,24H,4,7,9,13-18H2,1H3,(H2,30,31,32,33,36). The first-order valence-corrected chi connectivity index (χ1v) is 13.0. The molecule has 1 fully saturated rings. The van der Waals surface area contributed by atoms with Crippen LogP contribution in [0.3, 0.4) is 0 Å². The highest BCUT2D eigenvalue weighted by Crippen LogP contribution is 2.34. The van der Waals surface area contributed by atoms with Gasteiger partial charge >= 0.3 is 6.09 Å². The van der Waals surface area contributed by atoms with Crippen molar-refractivity contribution in [1.82, 2.24) is 19.8 Å². The molecule has 2 aromatic carbocycles. The number of aryl methyl sites for hydroxylation is 1. The summed E-state index contributed by atoms with van der Waals surface area (Å²) in [7, 11) is 2.13. The number of anilines is 3. The molecular formula is C28H33FN6O3. The van der Waals surface area contributed by atoms with Gasteiger partial charge in [0, 0.05) is 50.7 Å². The molecule has 0 spiro atoms. The van der Waals surface area contributed by atoms with E-state index in [4.69, 9.17) is 9.47 Å². The highest BCUT2D eigenvalue weighted by atomic mass is 19.1. The molecule has 0 radical (unpaired) electrons. The monoisotopic (exact) mass is 520 g/mol. The van der Waals surface area contributed by atoms with E-state index in [1.807, 2.05) is 18.2 Å². The summed E-state index contributed by atoms with van der Waals surface area (Å²) >= 11 is 0. The van der Waals surface area contributed by atoms with Gasteiger partial charge in [-0.05, 0) is 55.6 Å². The third kappa shape index (κ3) is 6.76. The normalized spacial score (nSPS) is 17.6. The predicted molar refractivity (Wildman–Crippen MR) is 143 cm³/mol. The maximum absolute atomic E-state index is 14.6. The van der Waals surface area contributed by atoms with Crippen LogP contribution in [-0.4, -0.2) is 72.2 Å². The smallest absolute Gasteiger partial charge is 0.413 e. The molecule has 5 rings (SSSR count). The summed E-state index contributed by atoms with van der Waals surface area (Å²) < 4.78 is 25.9. The Balaban J connectivity index is 1.10. The van der Waals surface area contributed by atoms with Crippen LogP contribution in [0, 0.1) is 5.82 Å². The number of piperazine rings is 1. The van der Waals surface area contributed by atoms with Crippen molar-refractivity contribution >= 4 is 23.5 Å². The van der Waals surface area contributed by atoms with Crippen molar-refractivity contribution in [1.29, 1.82) is 0 Å². The molecule has 1 aromatic heterocycles. The zero-order valence-electron chi connectivity index (χ0n) is 21.5. The number of rotatable bonds is 9. The fraction of sp³-hybridized carbons (Fsp3) is 0.393. The maximum atomic E-state index is 14.6. The number of nitrogens with one attached hydrogen (secondary N) is 2. The summed E-state index contributed by atoms with van der Waals surface area (Å²) in [5.41, 5.74) is 2.71. The Labute approximate surface area is 222 Å². The molecule has 3 aromatic rings. The SMILES string of the molecule is CN1CCN(CCCOc2ccc(Nc3nccc(NC(=O)OC4CCc5ccccc54)n3)cc2F)CC1. The van der Waals surface area contributed by atoms with Gasteiger partial charge < -0.3 is 24.6 Å². The summed E-state index contributed by atoms with van der Waals surface area (Å²) in [6.45, 7) is 5.66. The summed E-state index contributed by atoms with van der Waals surface area (Å²) in [5.74, 6) is 0.236. The molecule has 2 N–H and O–H groups in total. The predicted octanol–water partition coefficient (Wildman–Crippen LogP) is 4.61. The number of likely N-dealkylation sites (N-methyl/N-ethyl adjacent to an activating group) is 1. The van der Waals surface area contributed by atoms with Gasteiger partial charge in [0.25, 0.3) is 0 Å². The quantitative estimate of drug-likeness (QED) is 0.395. The molecule has 0 bridgehead atoms. The first-order chi connectivity index (χ1) is 18.5. The number of amides is 1. The molecule has 38 heavy (non-hydrogen) atoms. The zero-order valence-corrected chi connectivity index (χ0v) is 21.5. The Morgan fingerprint density at radius 3 is 2.82 bits per heavy atom. The van der Waals surface area contributed by atoms with Crippen molar-refractivity contribution in [3.05, 3.63) is 71.7 Å². The van der Waals surface area contributed by atoms with Gasteiger partial charge in [0.05, 0.1) is 6.61 Å². The highest BCUT2D eigenvalue weighted by molar-refractivity contribution is 5.83. The van der Waals surface area contributed by atoms with E-state index in [1.54, 1.807) is 18.2 Å². The van der Waals surface area contributed by atoms with Crippen molar-refractivity contribution in [2.45, 2.75) is 25.4 Å². The molecule has 1 aliphatic carbocycles. The number of carbonyl (C=O) groups excluding carboxylic acids is 1. The topological polar surface area (TPSA) is 91.9 Å². The van der Waals surface area contributed by atoms with Gasteiger partial charge in [-0.1, -0.05) is 24.3 Å². The first kappa shape index (κ1) is 25.9. The molecule has 2 heterocycles. The Morgan fingerprint density at radius 1 is 1.13 bits per heavy atom. The minimum absolute atomic E-state index is 0.210. The van der Waals surface area contributed by atoms with Gasteiger partial charge in [-0.25, -0.2) is 14.2 Å². The number of benzene rings is 2. The molecule has 9 nitrogen and oxygen atoms in total. The van der Waals surface area contributed by atoms with Crippen LogP contribution in [0.15, 0.2) is 54.7 Å². The largest absolute Gasteiger partial charge is 0.490 e. The van der Waals surface area contributed by atoms with Crippen LogP contribution < -0.4 is 15.4 Å². The average Bonchev–Trinajstić information content (AvgIpc) is 3.31. The van der Waals surface area contributed by atoms with Crippen molar-refractivity contribution in [3.63, 3.8) is 0 Å². The molecule has 10 heteroatoms. The van der Waals surface area contributed by atoms with Gasteiger partial charge in [-0.2, -0.15) is 4.98 Å². The second-order valence-corrected chi connectivity index (χ2v) is 9.64. The number of carbonyl (C=O) groups is 1.